The van der Waals surface area contributed by atoms with Gasteiger partial charge in [-0.05, 0) is 0 Å². The molecule has 0 heterocycles. The molecular weight excluding hydrogens is 250 g/mol. The number of nitrogens with two attached hydrogens (primary N) is 1. The molecule has 0 aliphatic carbocycles. The summed E-state index contributed by atoms with van der Waals surface area (Å²) in [4.78, 5) is 1.58. The number of rotatable bonds is 2. The molecule has 0 aromatic carbocycles. The molecule has 0 aromatic heterocycles. The Morgan fingerprint density at radius 3 is 1.67 bits per heavy atom. The average molecular weight is 260 g/mol. The Bertz CT molecular complexity index is 148. The van der Waals surface area contributed by atoms with Crippen molar-refractivity contribution < 1.29 is 62.0 Å². The van der Waals surface area contributed by atoms with E-state index in [1.54, 1.807) is 4.90 Å². The third kappa shape index (κ3) is 9.21. The van der Waals surface area contributed by atoms with Crippen LogP contribution in [0.1, 0.15) is 2.85 Å². The van der Waals surface area contributed by atoms with Crippen LogP contribution < -0.4 is 64.8 Å². The molecule has 0 spiro atoms. The summed E-state index contributed by atoms with van der Waals surface area (Å²) in [6.45, 7) is 1.06. The van der Waals surface area contributed by atoms with Gasteiger partial charge in [-0.15, -0.1) is 25.3 Å². The van der Waals surface area contributed by atoms with E-state index < -0.39 is 0 Å². The number of hydrogen-bond acceptors (Lipinski definition) is 3. The molecule has 0 amide bonds. The molecule has 0 aliphatic heterocycles. The third-order valence-corrected chi connectivity index (χ3v) is 1.74. The van der Waals surface area contributed by atoms with Gasteiger partial charge >= 0.3 is 59.1 Å². The molecule has 0 saturated carbocycles. The summed E-state index contributed by atoms with van der Waals surface area (Å²) >= 11 is 17.4. The molecule has 0 bridgehead atoms. The zero-order valence-corrected chi connectivity index (χ0v) is 14.6. The quantitative estimate of drug-likeness (QED) is 0.263. The Hall–Kier alpha value is 2.64. The molecular formula is C4H10N2Na2S4. The first-order valence-corrected chi connectivity index (χ1v) is 4.24. The van der Waals surface area contributed by atoms with Gasteiger partial charge in [0.05, 0.1) is 0 Å². The Labute approximate surface area is 142 Å². The van der Waals surface area contributed by atoms with Crippen molar-refractivity contribution in [3.63, 3.8) is 0 Å². The van der Waals surface area contributed by atoms with Crippen molar-refractivity contribution in [1.29, 1.82) is 0 Å². The molecule has 12 heavy (non-hydrogen) atoms. The minimum Gasteiger partial charge on any atom is -1.00 e. The fraction of sp³-hybridized carbons (Fsp3) is 0.500. The van der Waals surface area contributed by atoms with Gasteiger partial charge in [0, 0.05) is 13.1 Å². The van der Waals surface area contributed by atoms with E-state index in [0.29, 0.717) is 21.7 Å². The van der Waals surface area contributed by atoms with Crippen molar-refractivity contribution in [1.82, 2.24) is 4.90 Å². The van der Waals surface area contributed by atoms with Gasteiger partial charge < -0.3 is 13.5 Å². The van der Waals surface area contributed by atoms with Crippen molar-refractivity contribution in [3.05, 3.63) is 0 Å². The van der Waals surface area contributed by atoms with Crippen LogP contribution in [0.3, 0.4) is 0 Å². The fourth-order valence-electron chi connectivity index (χ4n) is 0.402. The van der Waals surface area contributed by atoms with Crippen LogP contribution in [-0.2, 0) is 0 Å². The first-order valence-electron chi connectivity index (χ1n) is 2.53. The van der Waals surface area contributed by atoms with E-state index in [1.807, 2.05) is 0 Å². The topological polar surface area (TPSA) is 29.3 Å². The summed E-state index contributed by atoms with van der Waals surface area (Å²) in [5.41, 5.74) is 5.28. The van der Waals surface area contributed by atoms with Gasteiger partial charge in [0.2, 0.25) is 0 Å². The Balaban J connectivity index is -0.0000000675. The van der Waals surface area contributed by atoms with E-state index in [0.717, 1.165) is 0 Å². The molecule has 0 unspecified atom stereocenters. The number of nitrogens with zero attached hydrogens (tertiary/aromatic N) is 1. The Morgan fingerprint density at radius 1 is 1.25 bits per heavy atom. The molecule has 0 saturated heterocycles. The maximum atomic E-state index is 5.28. The fourth-order valence-corrected chi connectivity index (χ4v) is 1.44. The van der Waals surface area contributed by atoms with E-state index in [1.165, 1.54) is 0 Å². The smallest absolute Gasteiger partial charge is 1.00 e. The van der Waals surface area contributed by atoms with Gasteiger partial charge in [-0.3, -0.25) is 0 Å². The SMILES string of the molecule is NCCN(C(=S)S)C(=S)S.[H-].[H-].[Na+].[Na+]. The molecule has 2 nitrogen and oxygen atoms in total. The van der Waals surface area contributed by atoms with Gasteiger partial charge in [-0.1, -0.05) is 24.4 Å². The zero-order valence-electron chi connectivity index (χ0n) is 9.15. The van der Waals surface area contributed by atoms with Crippen LogP contribution in [0.4, 0.5) is 0 Å². The molecule has 0 fully saturated rings. The molecule has 62 valence electrons. The number of hydrogen-bond donors (Lipinski definition) is 3. The monoisotopic (exact) mass is 260 g/mol. The van der Waals surface area contributed by atoms with Crippen LogP contribution in [0, 0.1) is 0 Å². The van der Waals surface area contributed by atoms with E-state index >= 15 is 0 Å². The summed E-state index contributed by atoms with van der Waals surface area (Å²) < 4.78 is 0.816. The second-order valence-electron chi connectivity index (χ2n) is 1.51. The molecule has 0 rings (SSSR count). The van der Waals surface area contributed by atoms with Crippen molar-refractivity contribution in [2.75, 3.05) is 13.1 Å². The summed E-state index contributed by atoms with van der Waals surface area (Å²) in [5, 5.41) is 0. The van der Waals surface area contributed by atoms with Crippen LogP contribution in [0.2, 0.25) is 0 Å². The van der Waals surface area contributed by atoms with Crippen LogP contribution in [0.15, 0.2) is 0 Å². The Kier molecular flexibility index (Phi) is 19.6. The number of thiol groups is 2. The first-order chi connectivity index (χ1) is 4.59. The average Bonchev–Trinajstić information content (AvgIpc) is 1.81. The van der Waals surface area contributed by atoms with Gasteiger partial charge in [-0.25, -0.2) is 0 Å². The Morgan fingerprint density at radius 2 is 1.58 bits per heavy atom. The van der Waals surface area contributed by atoms with E-state index in [2.05, 4.69) is 25.3 Å². The van der Waals surface area contributed by atoms with Crippen LogP contribution >= 0.6 is 49.7 Å². The molecule has 0 atom stereocenters. The summed E-state index contributed by atoms with van der Waals surface area (Å²) in [6.07, 6.45) is 0. The predicted molar refractivity (Wildman–Crippen MR) is 61.2 cm³/mol. The van der Waals surface area contributed by atoms with Gasteiger partial charge in [-0.2, -0.15) is 0 Å². The molecule has 8 heteroatoms. The predicted octanol–water partition coefficient (Wildman–Crippen LogP) is -5.09. The van der Waals surface area contributed by atoms with Crippen molar-refractivity contribution >= 4 is 58.3 Å². The summed E-state index contributed by atoms with van der Waals surface area (Å²) in [6, 6.07) is 0. The van der Waals surface area contributed by atoms with E-state index in [9.17, 15) is 0 Å². The minimum atomic E-state index is 0. The third-order valence-electron chi connectivity index (χ3n) is 0.815. The standard InChI is InChI=1S/C4H8N2S4.2Na.2H/c5-1-2-6(3(7)8)4(9)10;;;;/h1-2,5H2,(H,7,8)(H,9,10);;;;/q;2*+1;2*-1. The normalized spacial score (nSPS) is 7.58. The summed E-state index contributed by atoms with van der Waals surface area (Å²) in [7, 11) is 0. The number of thiocarbonyl (C=S) groups is 2. The van der Waals surface area contributed by atoms with Crippen molar-refractivity contribution in [2.45, 2.75) is 0 Å². The minimum absolute atomic E-state index is 0. The summed E-state index contributed by atoms with van der Waals surface area (Å²) in [5.74, 6) is 0. The van der Waals surface area contributed by atoms with Gasteiger partial charge in [0.25, 0.3) is 0 Å². The van der Waals surface area contributed by atoms with E-state index in [4.69, 9.17) is 30.2 Å². The van der Waals surface area contributed by atoms with E-state index in [-0.39, 0.29) is 62.0 Å². The van der Waals surface area contributed by atoms with Gasteiger partial charge in [0.15, 0.2) is 0 Å². The van der Waals surface area contributed by atoms with Crippen LogP contribution in [-0.4, -0.2) is 26.6 Å². The van der Waals surface area contributed by atoms with Crippen molar-refractivity contribution in [3.8, 4) is 0 Å². The van der Waals surface area contributed by atoms with Gasteiger partial charge in [0.1, 0.15) is 8.64 Å². The van der Waals surface area contributed by atoms with Crippen molar-refractivity contribution in [2.24, 2.45) is 5.73 Å². The molecule has 2 N–H and O–H groups in total. The molecule has 0 aromatic rings. The maximum absolute atomic E-state index is 5.28. The second kappa shape index (κ2) is 11.7. The second-order valence-corrected chi connectivity index (χ2v) is 3.73. The van der Waals surface area contributed by atoms with Crippen LogP contribution in [0.25, 0.3) is 0 Å². The first kappa shape index (κ1) is 20.1. The zero-order chi connectivity index (χ0) is 8.15. The largest absolute Gasteiger partial charge is 1.00 e. The molecule has 0 radical (unpaired) electrons. The maximum Gasteiger partial charge on any atom is 1.00 e. The molecule has 0 aliphatic rings. The van der Waals surface area contributed by atoms with Crippen LogP contribution in [0.5, 0.6) is 0 Å².